The van der Waals surface area contributed by atoms with Gasteiger partial charge in [-0.3, -0.25) is 4.79 Å². The Hall–Kier alpha value is -3.19. The number of benzene rings is 2. The number of fused-ring (bicyclic) bond motifs is 3. The number of anilines is 2. The van der Waals surface area contributed by atoms with E-state index in [1.54, 1.807) is 42.2 Å². The summed E-state index contributed by atoms with van der Waals surface area (Å²) >= 11 is 1.31. The van der Waals surface area contributed by atoms with Gasteiger partial charge >= 0.3 is 5.97 Å². The van der Waals surface area contributed by atoms with E-state index in [0.29, 0.717) is 41.4 Å². The average Bonchev–Trinajstić information content (AvgIpc) is 3.07. The van der Waals surface area contributed by atoms with Gasteiger partial charge in [0.1, 0.15) is 10.7 Å². The third-order valence-corrected chi connectivity index (χ3v) is 5.98. The highest BCUT2D eigenvalue weighted by Gasteiger charge is 2.28. The first-order chi connectivity index (χ1) is 14.0. The summed E-state index contributed by atoms with van der Waals surface area (Å²) < 4.78 is 19.2. The highest BCUT2D eigenvalue weighted by molar-refractivity contribution is 7.17. The zero-order valence-corrected chi connectivity index (χ0v) is 16.6. The van der Waals surface area contributed by atoms with Crippen molar-refractivity contribution in [1.29, 1.82) is 0 Å². The summed E-state index contributed by atoms with van der Waals surface area (Å²) in [6.45, 7) is 2.42. The van der Waals surface area contributed by atoms with Crippen LogP contribution in [0.25, 0.3) is 10.4 Å². The van der Waals surface area contributed by atoms with Gasteiger partial charge < -0.3 is 15.4 Å². The van der Waals surface area contributed by atoms with Crippen LogP contribution in [-0.4, -0.2) is 25.0 Å². The molecule has 0 aliphatic carbocycles. The maximum Gasteiger partial charge on any atom is 0.348 e. The van der Waals surface area contributed by atoms with Crippen molar-refractivity contribution in [3.8, 4) is 10.4 Å². The largest absolute Gasteiger partial charge is 0.462 e. The number of thiophene rings is 1. The maximum absolute atomic E-state index is 14.1. The second-order valence-corrected chi connectivity index (χ2v) is 7.73. The Kier molecular flexibility index (Phi) is 5.07. The van der Waals surface area contributed by atoms with Gasteiger partial charge in [-0.05, 0) is 67.4 Å². The lowest BCUT2D eigenvalue weighted by atomic mass is 10.1. The van der Waals surface area contributed by atoms with Crippen LogP contribution >= 0.6 is 11.3 Å². The Morgan fingerprint density at radius 2 is 1.93 bits per heavy atom. The first kappa shape index (κ1) is 19.1. The normalized spacial score (nSPS) is 12.7. The SMILES string of the molecule is CCOC(=O)c1cc2c(s1)-c1ccc(F)cc1N(C(=O)c1ccc(N)cc1)CC2. The molecule has 0 radical (unpaired) electrons. The molecule has 0 saturated carbocycles. The van der Waals surface area contributed by atoms with Crippen molar-refractivity contribution in [3.63, 3.8) is 0 Å². The van der Waals surface area contributed by atoms with Crippen LogP contribution in [0.4, 0.5) is 15.8 Å². The minimum atomic E-state index is -0.426. The number of nitrogens with zero attached hydrogens (tertiary/aromatic N) is 1. The van der Waals surface area contributed by atoms with Gasteiger partial charge in [0.05, 0.1) is 12.3 Å². The molecule has 1 aliphatic heterocycles. The molecule has 0 bridgehead atoms. The molecule has 5 nitrogen and oxygen atoms in total. The van der Waals surface area contributed by atoms with Crippen molar-refractivity contribution in [3.05, 3.63) is 70.4 Å². The standard InChI is InChI=1S/C22H19FN2O3S/c1-2-28-22(27)19-11-14-9-10-25(21(26)13-3-6-16(24)7-4-13)18-12-15(23)5-8-17(18)20(14)29-19/h3-8,11-12H,2,9-10,24H2,1H3. The van der Waals surface area contributed by atoms with Gasteiger partial charge in [0.15, 0.2) is 0 Å². The fourth-order valence-corrected chi connectivity index (χ4v) is 4.55. The first-order valence-electron chi connectivity index (χ1n) is 9.25. The summed E-state index contributed by atoms with van der Waals surface area (Å²) in [7, 11) is 0. The predicted molar refractivity (Wildman–Crippen MR) is 112 cm³/mol. The van der Waals surface area contributed by atoms with E-state index in [1.807, 2.05) is 6.07 Å². The van der Waals surface area contributed by atoms with Crippen molar-refractivity contribution in [1.82, 2.24) is 0 Å². The molecule has 1 amide bonds. The molecule has 0 unspecified atom stereocenters. The molecule has 1 aromatic heterocycles. The lowest BCUT2D eigenvalue weighted by Gasteiger charge is -2.23. The van der Waals surface area contributed by atoms with Gasteiger partial charge in [-0.15, -0.1) is 11.3 Å². The minimum absolute atomic E-state index is 0.224. The highest BCUT2D eigenvalue weighted by Crippen LogP contribution is 2.42. The molecule has 7 heteroatoms. The molecule has 4 rings (SSSR count). The molecule has 29 heavy (non-hydrogen) atoms. The quantitative estimate of drug-likeness (QED) is 0.509. The van der Waals surface area contributed by atoms with Crippen molar-refractivity contribution in [2.75, 3.05) is 23.8 Å². The summed E-state index contributed by atoms with van der Waals surface area (Å²) in [6, 6.07) is 12.9. The molecule has 0 atom stereocenters. The molecule has 1 aliphatic rings. The molecule has 0 spiro atoms. The summed E-state index contributed by atoms with van der Waals surface area (Å²) in [5.74, 6) is -1.02. The van der Waals surface area contributed by atoms with E-state index in [1.165, 1.54) is 23.5 Å². The van der Waals surface area contributed by atoms with Crippen LogP contribution < -0.4 is 10.6 Å². The number of nitrogens with two attached hydrogens (primary N) is 1. The van der Waals surface area contributed by atoms with E-state index in [9.17, 15) is 14.0 Å². The first-order valence-corrected chi connectivity index (χ1v) is 10.1. The molecular formula is C22H19FN2O3S. The molecule has 2 heterocycles. The lowest BCUT2D eigenvalue weighted by molar-refractivity contribution is 0.0532. The van der Waals surface area contributed by atoms with Gasteiger partial charge in [-0.25, -0.2) is 9.18 Å². The van der Waals surface area contributed by atoms with Crippen molar-refractivity contribution < 1.29 is 18.7 Å². The van der Waals surface area contributed by atoms with E-state index in [2.05, 4.69) is 0 Å². The summed E-state index contributed by atoms with van der Waals surface area (Å²) in [5.41, 5.74) is 8.92. The molecule has 148 valence electrons. The number of ether oxygens (including phenoxy) is 1. The van der Waals surface area contributed by atoms with E-state index < -0.39 is 5.82 Å². The topological polar surface area (TPSA) is 72.6 Å². The number of halogens is 1. The zero-order valence-electron chi connectivity index (χ0n) is 15.8. The van der Waals surface area contributed by atoms with Crippen LogP contribution in [0.3, 0.4) is 0 Å². The minimum Gasteiger partial charge on any atom is -0.462 e. The number of amides is 1. The fourth-order valence-electron chi connectivity index (χ4n) is 3.41. The number of esters is 1. The molecule has 3 aromatic rings. The number of carbonyl (C=O) groups is 2. The number of carbonyl (C=O) groups excluding carboxylic acids is 2. The van der Waals surface area contributed by atoms with Gasteiger partial charge in [-0.2, -0.15) is 0 Å². The van der Waals surface area contributed by atoms with Crippen LogP contribution in [0.1, 0.15) is 32.5 Å². The van der Waals surface area contributed by atoms with Crippen LogP contribution in [0, 0.1) is 5.82 Å². The van der Waals surface area contributed by atoms with Crippen molar-refractivity contribution >= 4 is 34.6 Å². The smallest absolute Gasteiger partial charge is 0.348 e. The second kappa shape index (κ2) is 7.67. The number of hydrogen-bond donors (Lipinski definition) is 1. The van der Waals surface area contributed by atoms with E-state index >= 15 is 0 Å². The van der Waals surface area contributed by atoms with Crippen LogP contribution in [0.5, 0.6) is 0 Å². The number of rotatable bonds is 3. The molecule has 0 saturated heterocycles. The summed E-state index contributed by atoms with van der Waals surface area (Å²) in [6.07, 6.45) is 0.544. The third-order valence-electron chi connectivity index (χ3n) is 4.79. The molecular weight excluding hydrogens is 391 g/mol. The van der Waals surface area contributed by atoms with Gasteiger partial charge in [0.2, 0.25) is 0 Å². The monoisotopic (exact) mass is 410 g/mol. The Bertz CT molecular complexity index is 1090. The van der Waals surface area contributed by atoms with Crippen LogP contribution in [0.2, 0.25) is 0 Å². The average molecular weight is 410 g/mol. The van der Waals surface area contributed by atoms with Crippen LogP contribution in [0.15, 0.2) is 48.5 Å². The molecule has 2 aromatic carbocycles. The van der Waals surface area contributed by atoms with Gasteiger partial charge in [-0.1, -0.05) is 0 Å². The second-order valence-electron chi connectivity index (χ2n) is 6.68. The number of hydrogen-bond acceptors (Lipinski definition) is 5. The lowest BCUT2D eigenvalue weighted by Crippen LogP contribution is -2.32. The van der Waals surface area contributed by atoms with E-state index in [0.717, 1.165) is 16.0 Å². The Morgan fingerprint density at radius 3 is 2.66 bits per heavy atom. The fraction of sp³-hybridized carbons (Fsp3) is 0.182. The Morgan fingerprint density at radius 1 is 1.17 bits per heavy atom. The molecule has 2 N–H and O–H groups in total. The van der Waals surface area contributed by atoms with E-state index in [-0.39, 0.29) is 11.9 Å². The Labute approximate surface area is 171 Å². The number of nitrogen functional groups attached to an aromatic ring is 1. The predicted octanol–water partition coefficient (Wildman–Crippen LogP) is 4.52. The highest BCUT2D eigenvalue weighted by atomic mass is 32.1. The van der Waals surface area contributed by atoms with Crippen LogP contribution in [-0.2, 0) is 11.2 Å². The van der Waals surface area contributed by atoms with Crippen molar-refractivity contribution in [2.24, 2.45) is 0 Å². The zero-order chi connectivity index (χ0) is 20.5. The maximum atomic E-state index is 14.1. The summed E-state index contributed by atoms with van der Waals surface area (Å²) in [5, 5.41) is 0. The van der Waals surface area contributed by atoms with Gasteiger partial charge in [0.25, 0.3) is 5.91 Å². The molecule has 0 fully saturated rings. The summed E-state index contributed by atoms with van der Waals surface area (Å²) in [4.78, 5) is 28.3. The van der Waals surface area contributed by atoms with Crippen molar-refractivity contribution in [2.45, 2.75) is 13.3 Å². The third kappa shape index (κ3) is 3.61. The van der Waals surface area contributed by atoms with Gasteiger partial charge in [0, 0.05) is 28.2 Å². The van der Waals surface area contributed by atoms with E-state index in [4.69, 9.17) is 10.5 Å². The Balaban J connectivity index is 1.78.